The van der Waals surface area contributed by atoms with E-state index in [1.165, 1.54) is 12.4 Å². The summed E-state index contributed by atoms with van der Waals surface area (Å²) in [6.07, 6.45) is 2.51. The molecule has 236 valence electrons. The Bertz CT molecular complexity index is 1660. The number of aryl methyl sites for hydroxylation is 1. The highest BCUT2D eigenvalue weighted by Gasteiger charge is 2.34. The number of likely N-dealkylation sites (N-methyl/N-ethyl adjacent to an activating group) is 1. The molecular formula is C33H37F3N8O. The molecule has 2 aromatic heterocycles. The fourth-order valence-corrected chi connectivity index (χ4v) is 5.55. The average Bonchev–Trinajstić information content (AvgIpc) is 3.72. The Morgan fingerprint density at radius 3 is 2.49 bits per heavy atom. The molecule has 0 unspecified atom stereocenters. The van der Waals surface area contributed by atoms with Gasteiger partial charge >= 0.3 is 6.18 Å². The van der Waals surface area contributed by atoms with Crippen molar-refractivity contribution in [3.8, 4) is 5.82 Å². The number of halogens is 3. The fraction of sp³-hybridized carbons (Fsp3) is 0.394. The van der Waals surface area contributed by atoms with Crippen LogP contribution < -0.4 is 10.6 Å². The Kier molecular flexibility index (Phi) is 8.86. The number of imidazole rings is 1. The highest BCUT2D eigenvalue weighted by Crippen LogP contribution is 2.34. The molecule has 2 fully saturated rings. The smallest absolute Gasteiger partial charge is 0.367 e. The summed E-state index contributed by atoms with van der Waals surface area (Å²) in [5.74, 6) is 1.59. The third kappa shape index (κ3) is 7.51. The van der Waals surface area contributed by atoms with E-state index in [2.05, 4.69) is 42.3 Å². The molecule has 45 heavy (non-hydrogen) atoms. The molecule has 4 aromatic rings. The van der Waals surface area contributed by atoms with Gasteiger partial charge in [-0.3, -0.25) is 14.3 Å². The zero-order valence-corrected chi connectivity index (χ0v) is 25.4. The quantitative estimate of drug-likeness (QED) is 0.202. The highest BCUT2D eigenvalue weighted by atomic mass is 19.4. The maximum atomic E-state index is 14.1. The number of rotatable bonds is 11. The SMILES string of the molecule is CCN1CCN(Cc2ccc(CC(=O)c3ccc(C)c(Nc4nccn4-c4cc(NC5CC5)ncn4)c3)cc2C(F)(F)F)CC1. The summed E-state index contributed by atoms with van der Waals surface area (Å²) >= 11 is 0. The van der Waals surface area contributed by atoms with Crippen LogP contribution in [0.5, 0.6) is 0 Å². The van der Waals surface area contributed by atoms with Gasteiger partial charge in [0.25, 0.3) is 0 Å². The Morgan fingerprint density at radius 2 is 1.76 bits per heavy atom. The Labute approximate surface area is 260 Å². The van der Waals surface area contributed by atoms with E-state index in [1.54, 1.807) is 35.2 Å². The number of hydrogen-bond donors (Lipinski definition) is 2. The number of ketones is 1. The van der Waals surface area contributed by atoms with Crippen molar-refractivity contribution < 1.29 is 18.0 Å². The topological polar surface area (TPSA) is 91.2 Å². The first-order valence-corrected chi connectivity index (χ1v) is 15.3. The molecule has 1 saturated heterocycles. The minimum Gasteiger partial charge on any atom is -0.367 e. The lowest BCUT2D eigenvalue weighted by Crippen LogP contribution is -2.45. The lowest BCUT2D eigenvalue weighted by Gasteiger charge is -2.34. The maximum absolute atomic E-state index is 14.1. The van der Waals surface area contributed by atoms with Gasteiger partial charge in [-0.2, -0.15) is 13.2 Å². The molecule has 0 bridgehead atoms. The number of anilines is 3. The molecule has 3 heterocycles. The molecular weight excluding hydrogens is 581 g/mol. The lowest BCUT2D eigenvalue weighted by molar-refractivity contribution is -0.138. The van der Waals surface area contributed by atoms with Gasteiger partial charge in [0.1, 0.15) is 18.0 Å². The molecule has 2 N–H and O–H groups in total. The Hall–Kier alpha value is -4.29. The summed E-state index contributed by atoms with van der Waals surface area (Å²) in [5.41, 5.74) is 1.82. The van der Waals surface area contributed by atoms with Crippen LogP contribution in [0, 0.1) is 6.92 Å². The number of hydrogen-bond acceptors (Lipinski definition) is 8. The van der Waals surface area contributed by atoms with Crippen molar-refractivity contribution in [3.63, 3.8) is 0 Å². The number of nitrogens with zero attached hydrogens (tertiary/aromatic N) is 6. The van der Waals surface area contributed by atoms with Gasteiger partial charge in [0.15, 0.2) is 5.78 Å². The second kappa shape index (κ2) is 13.0. The Morgan fingerprint density at radius 1 is 0.978 bits per heavy atom. The van der Waals surface area contributed by atoms with E-state index in [-0.39, 0.29) is 24.3 Å². The first kappa shape index (κ1) is 30.7. The molecule has 0 atom stereocenters. The van der Waals surface area contributed by atoms with Gasteiger partial charge in [0.2, 0.25) is 5.95 Å². The normalized spacial score (nSPS) is 16.1. The zero-order chi connectivity index (χ0) is 31.6. The predicted molar refractivity (Wildman–Crippen MR) is 167 cm³/mol. The minimum absolute atomic E-state index is 0.145. The van der Waals surface area contributed by atoms with Crippen LogP contribution in [0.3, 0.4) is 0 Å². The summed E-state index contributed by atoms with van der Waals surface area (Å²) in [5, 5.41) is 6.66. The van der Waals surface area contributed by atoms with Crippen molar-refractivity contribution >= 4 is 23.2 Å². The molecule has 0 radical (unpaired) electrons. The van der Waals surface area contributed by atoms with Gasteiger partial charge < -0.3 is 15.5 Å². The summed E-state index contributed by atoms with van der Waals surface area (Å²) in [4.78, 5) is 30.8. The molecule has 2 aromatic carbocycles. The standard InChI is InChI=1S/C33H37F3N8O/c1-3-42-12-14-43(15-13-42)20-25-7-5-23(16-27(25)33(34,35)36)17-29(45)24-6-4-22(2)28(18-24)41-32-37-10-11-44(32)31-19-30(38-21-39-31)40-26-8-9-26/h4-7,10-11,16,18-19,21,26H,3,8-9,12-15,17,20H2,1-2H3,(H,37,41)(H,38,39,40). The number of alkyl halides is 3. The molecule has 9 nitrogen and oxygen atoms in total. The number of piperazine rings is 1. The number of carbonyl (C=O) groups is 1. The van der Waals surface area contributed by atoms with Crippen molar-refractivity contribution in [2.75, 3.05) is 43.4 Å². The molecule has 0 spiro atoms. The number of Topliss-reactive ketones (excluding diaryl/α,β-unsaturated/α-hetero) is 1. The van der Waals surface area contributed by atoms with Crippen LogP contribution in [-0.2, 0) is 19.1 Å². The predicted octanol–water partition coefficient (Wildman–Crippen LogP) is 5.87. The largest absolute Gasteiger partial charge is 0.416 e. The van der Waals surface area contributed by atoms with Crippen LogP contribution in [0.4, 0.5) is 30.6 Å². The van der Waals surface area contributed by atoms with Gasteiger partial charge in [-0.15, -0.1) is 0 Å². The number of nitrogens with one attached hydrogen (secondary N) is 2. The summed E-state index contributed by atoms with van der Waals surface area (Å²) in [7, 11) is 0. The molecule has 1 saturated carbocycles. The van der Waals surface area contributed by atoms with Crippen molar-refractivity contribution in [1.29, 1.82) is 0 Å². The minimum atomic E-state index is -4.51. The van der Waals surface area contributed by atoms with Crippen LogP contribution in [0.15, 0.2) is 61.2 Å². The zero-order valence-electron chi connectivity index (χ0n) is 25.4. The van der Waals surface area contributed by atoms with E-state index in [0.717, 1.165) is 63.0 Å². The van der Waals surface area contributed by atoms with Crippen LogP contribution in [-0.4, -0.2) is 73.9 Å². The van der Waals surface area contributed by atoms with Crippen LogP contribution in [0.25, 0.3) is 5.82 Å². The first-order valence-electron chi connectivity index (χ1n) is 15.3. The van der Waals surface area contributed by atoms with Crippen LogP contribution in [0.2, 0.25) is 0 Å². The van der Waals surface area contributed by atoms with Gasteiger partial charge in [-0.05, 0) is 55.1 Å². The van der Waals surface area contributed by atoms with Crippen LogP contribution >= 0.6 is 0 Å². The fourth-order valence-electron chi connectivity index (χ4n) is 5.55. The van der Waals surface area contributed by atoms with Crippen molar-refractivity contribution in [2.45, 2.75) is 51.9 Å². The highest BCUT2D eigenvalue weighted by molar-refractivity contribution is 5.98. The van der Waals surface area contributed by atoms with Gasteiger partial charge in [0, 0.05) is 74.9 Å². The van der Waals surface area contributed by atoms with E-state index in [1.807, 2.05) is 19.1 Å². The first-order chi connectivity index (χ1) is 21.7. The van der Waals surface area contributed by atoms with E-state index in [9.17, 15) is 18.0 Å². The molecule has 1 aliphatic carbocycles. The third-order valence-corrected chi connectivity index (χ3v) is 8.43. The summed E-state index contributed by atoms with van der Waals surface area (Å²) < 4.78 is 44.2. The van der Waals surface area contributed by atoms with E-state index >= 15 is 0 Å². The lowest BCUT2D eigenvalue weighted by atomic mass is 9.97. The molecule has 2 aliphatic rings. The molecule has 12 heteroatoms. The van der Waals surface area contributed by atoms with Gasteiger partial charge in [0.05, 0.1) is 5.56 Å². The second-order valence-corrected chi connectivity index (χ2v) is 11.8. The maximum Gasteiger partial charge on any atom is 0.416 e. The van der Waals surface area contributed by atoms with Gasteiger partial charge in [-0.25, -0.2) is 15.0 Å². The third-order valence-electron chi connectivity index (χ3n) is 8.43. The average molecular weight is 619 g/mol. The van der Waals surface area contributed by atoms with Crippen molar-refractivity contribution in [3.05, 3.63) is 89.0 Å². The van der Waals surface area contributed by atoms with E-state index in [0.29, 0.717) is 34.6 Å². The molecule has 1 aliphatic heterocycles. The molecule has 0 amide bonds. The second-order valence-electron chi connectivity index (χ2n) is 11.8. The van der Waals surface area contributed by atoms with Crippen LogP contribution in [0.1, 0.15) is 52.4 Å². The number of carbonyl (C=O) groups excluding carboxylic acids is 1. The van der Waals surface area contributed by atoms with Crippen molar-refractivity contribution in [2.24, 2.45) is 0 Å². The Balaban J connectivity index is 1.17. The monoisotopic (exact) mass is 618 g/mol. The van der Waals surface area contributed by atoms with E-state index in [4.69, 9.17) is 0 Å². The molecule has 6 rings (SSSR count). The number of aromatic nitrogens is 4. The summed E-state index contributed by atoms with van der Waals surface area (Å²) in [6, 6.07) is 11.8. The number of benzene rings is 2. The van der Waals surface area contributed by atoms with E-state index < -0.39 is 11.7 Å². The summed E-state index contributed by atoms with van der Waals surface area (Å²) in [6.45, 7) is 8.32. The van der Waals surface area contributed by atoms with Gasteiger partial charge in [-0.1, -0.05) is 31.2 Å². The van der Waals surface area contributed by atoms with Crippen molar-refractivity contribution in [1.82, 2.24) is 29.3 Å².